The number of rotatable bonds is 6. The summed E-state index contributed by atoms with van der Waals surface area (Å²) in [5, 5.41) is 14.5. The molecule has 1 aromatic carbocycles. The van der Waals surface area contributed by atoms with Crippen molar-refractivity contribution < 1.29 is 14.3 Å². The first-order valence-electron chi connectivity index (χ1n) is 10.2. The molecule has 3 aromatic rings. The number of nitrogens with zero attached hydrogens (tertiary/aromatic N) is 5. The van der Waals surface area contributed by atoms with E-state index in [0.717, 1.165) is 31.7 Å². The Balaban J connectivity index is 1.44. The van der Waals surface area contributed by atoms with Crippen LogP contribution in [0, 0.1) is 0 Å². The van der Waals surface area contributed by atoms with E-state index in [1.807, 2.05) is 24.3 Å². The molecule has 4 heterocycles. The van der Waals surface area contributed by atoms with Crippen LogP contribution in [0.2, 0.25) is 5.02 Å². The number of aliphatic hydroxyl groups excluding tert-OH is 1. The molecule has 2 aliphatic rings. The molecule has 162 valence electrons. The molecule has 2 unspecified atom stereocenters. The molecular formula is C21H22ClN5O3S. The van der Waals surface area contributed by atoms with Crippen molar-refractivity contribution in [1.82, 2.24) is 24.6 Å². The molecule has 31 heavy (non-hydrogen) atoms. The van der Waals surface area contributed by atoms with Crippen LogP contribution in [0.1, 0.15) is 16.4 Å². The summed E-state index contributed by atoms with van der Waals surface area (Å²) < 4.78 is 6.76. The van der Waals surface area contributed by atoms with E-state index in [1.165, 1.54) is 16.4 Å². The van der Waals surface area contributed by atoms with E-state index in [4.69, 9.17) is 16.0 Å². The highest BCUT2D eigenvalue weighted by molar-refractivity contribution is 8.00. The van der Waals surface area contributed by atoms with Gasteiger partial charge in [-0.3, -0.25) is 14.6 Å². The first-order chi connectivity index (χ1) is 15.2. The van der Waals surface area contributed by atoms with Gasteiger partial charge in [-0.05, 0) is 23.8 Å². The van der Waals surface area contributed by atoms with E-state index in [-0.39, 0.29) is 18.6 Å². The van der Waals surface area contributed by atoms with E-state index in [1.54, 1.807) is 18.4 Å². The molecule has 0 saturated carbocycles. The molecule has 2 aromatic heterocycles. The van der Waals surface area contributed by atoms with Crippen molar-refractivity contribution in [2.75, 3.05) is 39.3 Å². The largest absolute Gasteiger partial charge is 0.461 e. The standard InChI is InChI=1S/C21H22ClN5O3S/c22-15-5-2-1-4-14(15)17(26-9-7-25(8-10-26)11-12-28)18-20(29)27-21(31-18)23-19(24-27)16-6-3-13-30-16/h1-6,13,17-18,28H,7-12H2. The zero-order chi connectivity index (χ0) is 21.4. The number of aliphatic hydroxyl groups is 1. The topological polar surface area (TPSA) is 87.6 Å². The molecule has 1 fully saturated rings. The summed E-state index contributed by atoms with van der Waals surface area (Å²) in [6, 6.07) is 11.0. The highest BCUT2D eigenvalue weighted by Gasteiger charge is 2.44. The SMILES string of the molecule is O=C1C(C(c2ccccc2Cl)N2CCN(CCO)CC2)Sc2nc(-c3ccco3)nn21. The molecular weight excluding hydrogens is 438 g/mol. The van der Waals surface area contributed by atoms with Crippen LogP contribution in [-0.2, 0) is 0 Å². The number of carbonyl (C=O) groups is 1. The third-order valence-electron chi connectivity index (χ3n) is 5.73. The molecule has 10 heteroatoms. The van der Waals surface area contributed by atoms with Gasteiger partial charge in [-0.25, -0.2) is 0 Å². The zero-order valence-corrected chi connectivity index (χ0v) is 18.3. The van der Waals surface area contributed by atoms with Crippen molar-refractivity contribution in [2.24, 2.45) is 0 Å². The van der Waals surface area contributed by atoms with E-state index in [0.29, 0.717) is 28.3 Å². The van der Waals surface area contributed by atoms with Gasteiger partial charge in [0.1, 0.15) is 5.25 Å². The van der Waals surface area contributed by atoms with E-state index >= 15 is 0 Å². The third kappa shape index (κ3) is 3.92. The number of thioether (sulfide) groups is 1. The minimum atomic E-state index is -0.398. The van der Waals surface area contributed by atoms with Gasteiger partial charge in [0.15, 0.2) is 10.9 Å². The van der Waals surface area contributed by atoms with Crippen molar-refractivity contribution in [3.05, 3.63) is 53.2 Å². The molecule has 0 spiro atoms. The van der Waals surface area contributed by atoms with Crippen molar-refractivity contribution >= 4 is 29.3 Å². The summed E-state index contributed by atoms with van der Waals surface area (Å²) in [5.74, 6) is 0.841. The molecule has 5 rings (SSSR count). The van der Waals surface area contributed by atoms with Gasteiger partial charge in [-0.15, -0.1) is 5.10 Å². The molecule has 1 N–H and O–H groups in total. The lowest BCUT2D eigenvalue weighted by Crippen LogP contribution is -2.51. The number of aromatic nitrogens is 3. The van der Waals surface area contributed by atoms with Gasteiger partial charge in [0.2, 0.25) is 5.82 Å². The van der Waals surface area contributed by atoms with Crippen molar-refractivity contribution in [3.8, 4) is 11.6 Å². The lowest BCUT2D eigenvalue weighted by atomic mass is 10.00. The summed E-state index contributed by atoms with van der Waals surface area (Å²) in [5.41, 5.74) is 0.933. The summed E-state index contributed by atoms with van der Waals surface area (Å²) in [6.07, 6.45) is 1.56. The lowest BCUT2D eigenvalue weighted by Gasteiger charge is -2.41. The van der Waals surface area contributed by atoms with E-state index < -0.39 is 5.25 Å². The Morgan fingerprint density at radius 3 is 2.68 bits per heavy atom. The number of fused-ring (bicyclic) bond motifs is 1. The van der Waals surface area contributed by atoms with Crippen LogP contribution in [0.4, 0.5) is 0 Å². The van der Waals surface area contributed by atoms with Gasteiger partial charge in [-0.1, -0.05) is 41.6 Å². The summed E-state index contributed by atoms with van der Waals surface area (Å²) >= 11 is 8.00. The molecule has 0 radical (unpaired) electrons. The lowest BCUT2D eigenvalue weighted by molar-refractivity contribution is 0.0689. The number of hydrogen-bond donors (Lipinski definition) is 1. The number of halogens is 1. The van der Waals surface area contributed by atoms with E-state index in [2.05, 4.69) is 19.9 Å². The fourth-order valence-electron chi connectivity index (χ4n) is 4.18. The summed E-state index contributed by atoms with van der Waals surface area (Å²) in [4.78, 5) is 22.5. The zero-order valence-electron chi connectivity index (χ0n) is 16.7. The smallest absolute Gasteiger partial charge is 0.264 e. The van der Waals surface area contributed by atoms with Gasteiger partial charge in [0.05, 0.1) is 18.9 Å². The predicted molar refractivity (Wildman–Crippen MR) is 117 cm³/mol. The summed E-state index contributed by atoms with van der Waals surface area (Å²) in [6.45, 7) is 4.05. The first kappa shape index (κ1) is 20.7. The van der Waals surface area contributed by atoms with Crippen LogP contribution >= 0.6 is 23.4 Å². The molecule has 8 nitrogen and oxygen atoms in total. The van der Waals surface area contributed by atoms with Gasteiger partial charge < -0.3 is 9.52 Å². The molecule has 2 atom stereocenters. The maximum atomic E-state index is 13.4. The van der Waals surface area contributed by atoms with Crippen LogP contribution in [0.5, 0.6) is 0 Å². The Bertz CT molecular complexity index is 1060. The molecule has 2 aliphatic heterocycles. The predicted octanol–water partition coefficient (Wildman–Crippen LogP) is 2.66. The Morgan fingerprint density at radius 1 is 1.19 bits per heavy atom. The van der Waals surface area contributed by atoms with Crippen LogP contribution in [-0.4, -0.2) is 80.2 Å². The summed E-state index contributed by atoms with van der Waals surface area (Å²) in [7, 11) is 0. The maximum absolute atomic E-state index is 13.4. The van der Waals surface area contributed by atoms with Crippen LogP contribution in [0.25, 0.3) is 11.6 Å². The Labute approximate surface area is 188 Å². The van der Waals surface area contributed by atoms with Gasteiger partial charge in [0, 0.05) is 37.7 Å². The minimum absolute atomic E-state index is 0.104. The van der Waals surface area contributed by atoms with Crippen molar-refractivity contribution in [3.63, 3.8) is 0 Å². The van der Waals surface area contributed by atoms with Crippen molar-refractivity contribution in [2.45, 2.75) is 16.4 Å². The first-order valence-corrected chi connectivity index (χ1v) is 11.4. The van der Waals surface area contributed by atoms with Crippen LogP contribution in [0.15, 0.2) is 52.2 Å². The van der Waals surface area contributed by atoms with Gasteiger partial charge >= 0.3 is 0 Å². The second-order valence-corrected chi connectivity index (χ2v) is 9.07. The Kier molecular flexibility index (Phi) is 5.85. The van der Waals surface area contributed by atoms with E-state index in [9.17, 15) is 9.90 Å². The molecule has 0 aliphatic carbocycles. The second kappa shape index (κ2) is 8.76. The quantitative estimate of drug-likeness (QED) is 0.602. The number of benzene rings is 1. The molecule has 1 saturated heterocycles. The fourth-order valence-corrected chi connectivity index (χ4v) is 5.68. The number of piperazine rings is 1. The highest BCUT2D eigenvalue weighted by atomic mass is 35.5. The number of carbonyl (C=O) groups excluding carboxylic acids is 1. The van der Waals surface area contributed by atoms with Crippen molar-refractivity contribution in [1.29, 1.82) is 0 Å². The fraction of sp³-hybridized carbons (Fsp3) is 0.381. The Hall–Kier alpha value is -2.17. The van der Waals surface area contributed by atoms with Gasteiger partial charge in [0.25, 0.3) is 5.91 Å². The number of furan rings is 1. The Morgan fingerprint density at radius 2 is 2.00 bits per heavy atom. The average molecular weight is 460 g/mol. The minimum Gasteiger partial charge on any atom is -0.461 e. The monoisotopic (exact) mass is 459 g/mol. The van der Waals surface area contributed by atoms with Crippen LogP contribution in [0.3, 0.4) is 0 Å². The normalized spacial score (nSPS) is 20.8. The average Bonchev–Trinajstić information content (AvgIpc) is 3.50. The number of β-amino-alcohol motifs (C(OH)–C–C–N with tert-alkyl or cyclic N) is 1. The number of hydrogen-bond acceptors (Lipinski definition) is 8. The molecule has 0 bridgehead atoms. The highest BCUT2D eigenvalue weighted by Crippen LogP contribution is 2.43. The third-order valence-corrected chi connectivity index (χ3v) is 7.26. The maximum Gasteiger partial charge on any atom is 0.264 e. The second-order valence-electron chi connectivity index (χ2n) is 7.55. The van der Waals surface area contributed by atoms with Crippen LogP contribution < -0.4 is 0 Å². The van der Waals surface area contributed by atoms with Gasteiger partial charge in [-0.2, -0.15) is 9.67 Å². The molecule has 0 amide bonds.